The summed E-state index contributed by atoms with van der Waals surface area (Å²) in [6, 6.07) is 1.99. The third-order valence-electron chi connectivity index (χ3n) is 3.25. The Morgan fingerprint density at radius 1 is 1.58 bits per heavy atom. The number of anilines is 1. The SMILES string of the molecule is CCC(Br)C(=O)NC1CCCN(c2ncccn2)C1. The average molecular weight is 327 g/mol. The molecule has 6 heteroatoms. The first-order valence-electron chi connectivity index (χ1n) is 6.67. The van der Waals surface area contributed by atoms with Crippen LogP contribution in [0.3, 0.4) is 0 Å². The predicted octanol–water partition coefficient (Wildman–Crippen LogP) is 1.74. The number of aromatic nitrogens is 2. The quantitative estimate of drug-likeness (QED) is 0.856. The molecule has 0 bridgehead atoms. The minimum atomic E-state index is -0.101. The van der Waals surface area contributed by atoms with Crippen LogP contribution in [-0.4, -0.2) is 39.8 Å². The van der Waals surface area contributed by atoms with Crippen LogP contribution in [0.25, 0.3) is 0 Å². The number of nitrogens with one attached hydrogen (secondary N) is 1. The van der Waals surface area contributed by atoms with Crippen LogP contribution in [0.15, 0.2) is 18.5 Å². The lowest BCUT2D eigenvalue weighted by atomic mass is 10.1. The van der Waals surface area contributed by atoms with Gasteiger partial charge in [0, 0.05) is 31.5 Å². The smallest absolute Gasteiger partial charge is 0.234 e. The molecule has 2 heterocycles. The van der Waals surface area contributed by atoms with Gasteiger partial charge in [0.05, 0.1) is 4.83 Å². The van der Waals surface area contributed by atoms with Crippen molar-refractivity contribution >= 4 is 27.8 Å². The minimum Gasteiger partial charge on any atom is -0.351 e. The van der Waals surface area contributed by atoms with Gasteiger partial charge in [-0.1, -0.05) is 22.9 Å². The molecule has 5 nitrogen and oxygen atoms in total. The van der Waals surface area contributed by atoms with Crippen LogP contribution in [-0.2, 0) is 4.79 Å². The Hall–Kier alpha value is -1.17. The topological polar surface area (TPSA) is 58.1 Å². The summed E-state index contributed by atoms with van der Waals surface area (Å²) in [5.41, 5.74) is 0. The molecule has 1 aromatic rings. The molecule has 1 fully saturated rings. The summed E-state index contributed by atoms with van der Waals surface area (Å²) in [7, 11) is 0. The van der Waals surface area contributed by atoms with Gasteiger partial charge in [-0.05, 0) is 25.3 Å². The predicted molar refractivity (Wildman–Crippen MR) is 78.4 cm³/mol. The average Bonchev–Trinajstić information content (AvgIpc) is 2.47. The minimum absolute atomic E-state index is 0.0725. The number of carbonyl (C=O) groups is 1. The summed E-state index contributed by atoms with van der Waals surface area (Å²) in [6.45, 7) is 3.71. The zero-order chi connectivity index (χ0) is 13.7. The Morgan fingerprint density at radius 2 is 2.32 bits per heavy atom. The highest BCUT2D eigenvalue weighted by Crippen LogP contribution is 2.16. The maximum Gasteiger partial charge on any atom is 0.234 e. The van der Waals surface area contributed by atoms with Crippen molar-refractivity contribution in [2.45, 2.75) is 37.1 Å². The largest absolute Gasteiger partial charge is 0.351 e. The Kier molecular flexibility index (Phi) is 5.13. The van der Waals surface area contributed by atoms with E-state index in [2.05, 4.69) is 36.1 Å². The normalized spacial score (nSPS) is 20.9. The van der Waals surface area contributed by atoms with Crippen molar-refractivity contribution in [3.63, 3.8) is 0 Å². The molecule has 2 unspecified atom stereocenters. The second kappa shape index (κ2) is 6.84. The van der Waals surface area contributed by atoms with Crippen LogP contribution < -0.4 is 10.2 Å². The van der Waals surface area contributed by atoms with E-state index in [4.69, 9.17) is 0 Å². The molecule has 1 saturated heterocycles. The van der Waals surface area contributed by atoms with Crippen molar-refractivity contribution in [2.75, 3.05) is 18.0 Å². The summed E-state index contributed by atoms with van der Waals surface area (Å²) in [6.07, 6.45) is 6.34. The van der Waals surface area contributed by atoms with Gasteiger partial charge in [0.1, 0.15) is 0 Å². The van der Waals surface area contributed by atoms with Gasteiger partial charge in [-0.3, -0.25) is 4.79 Å². The van der Waals surface area contributed by atoms with Crippen LogP contribution in [0.4, 0.5) is 5.95 Å². The maximum absolute atomic E-state index is 11.9. The van der Waals surface area contributed by atoms with Gasteiger partial charge in [-0.15, -0.1) is 0 Å². The maximum atomic E-state index is 11.9. The molecule has 0 spiro atoms. The van der Waals surface area contributed by atoms with Gasteiger partial charge < -0.3 is 10.2 Å². The lowest BCUT2D eigenvalue weighted by molar-refractivity contribution is -0.121. The number of hydrogen-bond donors (Lipinski definition) is 1. The van der Waals surface area contributed by atoms with E-state index in [1.165, 1.54) is 0 Å². The summed E-state index contributed by atoms with van der Waals surface area (Å²) in [5, 5.41) is 3.09. The number of amides is 1. The molecule has 1 aliphatic rings. The van der Waals surface area contributed by atoms with E-state index < -0.39 is 0 Å². The third kappa shape index (κ3) is 3.89. The molecule has 0 radical (unpaired) electrons. The first-order valence-corrected chi connectivity index (χ1v) is 7.58. The molecular weight excluding hydrogens is 308 g/mol. The Morgan fingerprint density at radius 3 is 3.00 bits per heavy atom. The number of nitrogens with zero attached hydrogens (tertiary/aromatic N) is 3. The van der Waals surface area contributed by atoms with Crippen LogP contribution in [0.5, 0.6) is 0 Å². The summed E-state index contributed by atoms with van der Waals surface area (Å²) in [5.74, 6) is 0.815. The number of alkyl halides is 1. The molecule has 1 N–H and O–H groups in total. The van der Waals surface area contributed by atoms with E-state index in [0.717, 1.165) is 38.3 Å². The van der Waals surface area contributed by atoms with Gasteiger partial charge >= 0.3 is 0 Å². The number of hydrogen-bond acceptors (Lipinski definition) is 4. The Balaban J connectivity index is 1.92. The van der Waals surface area contributed by atoms with Gasteiger partial charge in [0.15, 0.2) is 0 Å². The lowest BCUT2D eigenvalue weighted by Crippen LogP contribution is -2.49. The van der Waals surface area contributed by atoms with Crippen molar-refractivity contribution in [2.24, 2.45) is 0 Å². The molecule has 0 aromatic carbocycles. The molecule has 1 aliphatic heterocycles. The molecular formula is C13H19BrN4O. The van der Waals surface area contributed by atoms with E-state index in [1.807, 2.05) is 13.0 Å². The fraction of sp³-hybridized carbons (Fsp3) is 0.615. The Labute approximate surface area is 121 Å². The number of halogens is 1. The van der Waals surface area contributed by atoms with E-state index in [0.29, 0.717) is 0 Å². The highest BCUT2D eigenvalue weighted by molar-refractivity contribution is 9.10. The van der Waals surface area contributed by atoms with Gasteiger partial charge in [0.2, 0.25) is 11.9 Å². The van der Waals surface area contributed by atoms with Crippen molar-refractivity contribution < 1.29 is 4.79 Å². The van der Waals surface area contributed by atoms with Crippen molar-refractivity contribution in [1.29, 1.82) is 0 Å². The molecule has 19 heavy (non-hydrogen) atoms. The monoisotopic (exact) mass is 326 g/mol. The van der Waals surface area contributed by atoms with Crippen molar-refractivity contribution in [3.05, 3.63) is 18.5 Å². The fourth-order valence-electron chi connectivity index (χ4n) is 2.21. The lowest BCUT2D eigenvalue weighted by Gasteiger charge is -2.33. The van der Waals surface area contributed by atoms with Crippen molar-refractivity contribution in [3.8, 4) is 0 Å². The van der Waals surface area contributed by atoms with E-state index >= 15 is 0 Å². The molecule has 0 saturated carbocycles. The van der Waals surface area contributed by atoms with Gasteiger partial charge in [-0.25, -0.2) is 9.97 Å². The number of piperidine rings is 1. The molecule has 104 valence electrons. The van der Waals surface area contributed by atoms with E-state index in [1.54, 1.807) is 12.4 Å². The van der Waals surface area contributed by atoms with Crippen LogP contribution in [0, 0.1) is 0 Å². The number of carbonyl (C=O) groups excluding carboxylic acids is 1. The van der Waals surface area contributed by atoms with Crippen molar-refractivity contribution in [1.82, 2.24) is 15.3 Å². The first kappa shape index (κ1) is 14.2. The second-order valence-corrected chi connectivity index (χ2v) is 5.82. The van der Waals surface area contributed by atoms with E-state index in [9.17, 15) is 4.79 Å². The molecule has 2 rings (SSSR count). The standard InChI is InChI=1S/C13H19BrN4O/c1-2-11(14)12(19)17-10-5-3-8-18(9-10)13-15-6-4-7-16-13/h4,6-7,10-11H,2-3,5,8-9H2,1H3,(H,17,19). The number of rotatable bonds is 4. The Bertz CT molecular complexity index is 414. The molecule has 0 aliphatic carbocycles. The molecule has 2 atom stereocenters. The summed E-state index contributed by atoms with van der Waals surface area (Å²) < 4.78 is 0. The highest BCUT2D eigenvalue weighted by Gasteiger charge is 2.24. The molecule has 1 aromatic heterocycles. The van der Waals surface area contributed by atoms with Crippen LogP contribution in [0.2, 0.25) is 0 Å². The second-order valence-electron chi connectivity index (χ2n) is 4.72. The summed E-state index contributed by atoms with van der Waals surface area (Å²) >= 11 is 3.38. The third-order valence-corrected chi connectivity index (χ3v) is 4.31. The highest BCUT2D eigenvalue weighted by atomic mass is 79.9. The van der Waals surface area contributed by atoms with Crippen LogP contribution in [0.1, 0.15) is 26.2 Å². The van der Waals surface area contributed by atoms with Crippen LogP contribution >= 0.6 is 15.9 Å². The fourth-order valence-corrected chi connectivity index (χ4v) is 2.34. The van der Waals surface area contributed by atoms with E-state index in [-0.39, 0.29) is 16.8 Å². The van der Waals surface area contributed by atoms with Gasteiger partial charge in [-0.2, -0.15) is 0 Å². The molecule has 1 amide bonds. The summed E-state index contributed by atoms with van der Waals surface area (Å²) in [4.78, 5) is 22.4. The van der Waals surface area contributed by atoms with Gasteiger partial charge in [0.25, 0.3) is 0 Å². The zero-order valence-corrected chi connectivity index (χ0v) is 12.6. The zero-order valence-electron chi connectivity index (χ0n) is 11.1. The first-order chi connectivity index (χ1) is 9.20.